The van der Waals surface area contributed by atoms with Gasteiger partial charge in [0.25, 0.3) is 0 Å². The van der Waals surface area contributed by atoms with Crippen LogP contribution in [0.1, 0.15) is 31.2 Å². The van der Waals surface area contributed by atoms with Gasteiger partial charge in [0.05, 0.1) is 12.6 Å². The van der Waals surface area contributed by atoms with Crippen molar-refractivity contribution in [3.63, 3.8) is 0 Å². The molecular formula is C13H22N4O. The number of nitrogens with one attached hydrogen (secondary N) is 1. The summed E-state index contributed by atoms with van der Waals surface area (Å²) >= 11 is 0. The third kappa shape index (κ3) is 2.72. The molecule has 2 heterocycles. The molecule has 2 N–H and O–H groups in total. The molecule has 0 amide bonds. The molecule has 1 aromatic heterocycles. The topological polar surface area (TPSA) is 61.3 Å². The summed E-state index contributed by atoms with van der Waals surface area (Å²) in [6.45, 7) is 3.18. The molecule has 2 rings (SSSR count). The predicted octanol–water partition coefficient (Wildman–Crippen LogP) is 1.57. The summed E-state index contributed by atoms with van der Waals surface area (Å²) in [5.74, 6) is 1.59. The minimum Gasteiger partial charge on any atom is -0.394 e. The van der Waals surface area contributed by atoms with Crippen LogP contribution in [0, 0.1) is 6.92 Å². The fraction of sp³-hybridized carbons (Fsp3) is 0.692. The molecule has 1 aromatic rings. The Balaban J connectivity index is 2.31. The molecule has 0 aliphatic carbocycles. The fourth-order valence-corrected chi connectivity index (χ4v) is 2.49. The van der Waals surface area contributed by atoms with Crippen molar-refractivity contribution in [3.05, 3.63) is 11.8 Å². The highest BCUT2D eigenvalue weighted by Crippen LogP contribution is 2.25. The van der Waals surface area contributed by atoms with Crippen LogP contribution in [0.15, 0.2) is 6.20 Å². The van der Waals surface area contributed by atoms with Crippen molar-refractivity contribution in [2.45, 2.75) is 38.6 Å². The summed E-state index contributed by atoms with van der Waals surface area (Å²) in [4.78, 5) is 11.0. The number of hydrogen-bond acceptors (Lipinski definition) is 5. The summed E-state index contributed by atoms with van der Waals surface area (Å²) in [6, 6.07) is 0.186. The second-order valence-corrected chi connectivity index (χ2v) is 4.83. The van der Waals surface area contributed by atoms with Gasteiger partial charge in [-0.05, 0) is 19.8 Å². The lowest BCUT2D eigenvalue weighted by Gasteiger charge is -2.30. The van der Waals surface area contributed by atoms with Crippen molar-refractivity contribution in [2.24, 2.45) is 0 Å². The van der Waals surface area contributed by atoms with Gasteiger partial charge in [0.2, 0.25) is 5.95 Å². The molecule has 5 heteroatoms. The average Bonchev–Trinajstić information content (AvgIpc) is 2.64. The largest absolute Gasteiger partial charge is 0.394 e. The van der Waals surface area contributed by atoms with Gasteiger partial charge in [-0.3, -0.25) is 0 Å². The molecule has 1 aliphatic heterocycles. The smallest absolute Gasteiger partial charge is 0.224 e. The van der Waals surface area contributed by atoms with E-state index in [9.17, 15) is 5.11 Å². The van der Waals surface area contributed by atoms with Crippen LogP contribution in [0.4, 0.5) is 11.8 Å². The fourth-order valence-electron chi connectivity index (χ4n) is 2.49. The molecule has 5 nitrogen and oxygen atoms in total. The van der Waals surface area contributed by atoms with Gasteiger partial charge in [0.1, 0.15) is 5.82 Å². The normalized spacial score (nSPS) is 20.6. The highest BCUT2D eigenvalue weighted by molar-refractivity contribution is 5.49. The van der Waals surface area contributed by atoms with E-state index in [0.717, 1.165) is 30.8 Å². The molecule has 100 valence electrons. The second kappa shape index (κ2) is 6.00. The lowest BCUT2D eigenvalue weighted by atomic mass is 10.1. The number of hydrogen-bond donors (Lipinski definition) is 2. The minimum atomic E-state index is 0.186. The Hall–Kier alpha value is -1.36. The van der Waals surface area contributed by atoms with E-state index in [-0.39, 0.29) is 12.6 Å². The van der Waals surface area contributed by atoms with Crippen LogP contribution in [0.25, 0.3) is 0 Å². The molecular weight excluding hydrogens is 228 g/mol. The summed E-state index contributed by atoms with van der Waals surface area (Å²) in [5.41, 5.74) is 1.06. The molecule has 0 bridgehead atoms. The lowest BCUT2D eigenvalue weighted by molar-refractivity contribution is 0.254. The molecule has 1 saturated heterocycles. The summed E-state index contributed by atoms with van der Waals surface area (Å²) < 4.78 is 0. The monoisotopic (exact) mass is 250 g/mol. The molecule has 1 atom stereocenters. The van der Waals surface area contributed by atoms with E-state index in [1.54, 1.807) is 0 Å². The van der Waals surface area contributed by atoms with E-state index >= 15 is 0 Å². The van der Waals surface area contributed by atoms with Gasteiger partial charge < -0.3 is 15.3 Å². The zero-order valence-electron chi connectivity index (χ0n) is 11.2. The quantitative estimate of drug-likeness (QED) is 0.852. The summed E-state index contributed by atoms with van der Waals surface area (Å²) in [6.07, 6.45) is 6.46. The number of aliphatic hydroxyl groups excluding tert-OH is 1. The highest BCUT2D eigenvalue weighted by atomic mass is 16.3. The Kier molecular flexibility index (Phi) is 4.36. The maximum atomic E-state index is 9.56. The molecule has 1 fully saturated rings. The van der Waals surface area contributed by atoms with Crippen LogP contribution in [0.5, 0.6) is 0 Å². The first-order valence-electron chi connectivity index (χ1n) is 6.65. The first-order valence-corrected chi connectivity index (χ1v) is 6.65. The Bertz CT molecular complexity index is 397. The maximum absolute atomic E-state index is 9.56. The zero-order chi connectivity index (χ0) is 13.0. The van der Waals surface area contributed by atoms with Crippen molar-refractivity contribution < 1.29 is 5.11 Å². The van der Waals surface area contributed by atoms with E-state index in [2.05, 4.69) is 20.2 Å². The van der Waals surface area contributed by atoms with Gasteiger partial charge in [-0.2, -0.15) is 4.98 Å². The van der Waals surface area contributed by atoms with E-state index < -0.39 is 0 Å². The standard InChI is InChI=1S/C13H22N4O/c1-10-8-15-13(14-2)16-12(10)17-7-5-3-4-6-11(17)9-18/h8,11,18H,3-7,9H2,1-2H3,(H,14,15,16). The Morgan fingerprint density at radius 2 is 2.28 bits per heavy atom. The second-order valence-electron chi connectivity index (χ2n) is 4.83. The van der Waals surface area contributed by atoms with Gasteiger partial charge >= 0.3 is 0 Å². The zero-order valence-corrected chi connectivity index (χ0v) is 11.2. The maximum Gasteiger partial charge on any atom is 0.224 e. The number of anilines is 2. The van der Waals surface area contributed by atoms with Crippen molar-refractivity contribution >= 4 is 11.8 Å². The predicted molar refractivity (Wildman–Crippen MR) is 73.0 cm³/mol. The molecule has 1 unspecified atom stereocenters. The van der Waals surface area contributed by atoms with Crippen molar-refractivity contribution in [2.75, 3.05) is 30.4 Å². The molecule has 0 aromatic carbocycles. The van der Waals surface area contributed by atoms with Crippen molar-refractivity contribution in [3.8, 4) is 0 Å². The highest BCUT2D eigenvalue weighted by Gasteiger charge is 2.23. The lowest BCUT2D eigenvalue weighted by Crippen LogP contribution is -2.38. The first-order chi connectivity index (χ1) is 8.76. The van der Waals surface area contributed by atoms with E-state index in [4.69, 9.17) is 0 Å². The van der Waals surface area contributed by atoms with Crippen LogP contribution in [0.2, 0.25) is 0 Å². The van der Waals surface area contributed by atoms with Crippen LogP contribution in [-0.2, 0) is 0 Å². The third-order valence-electron chi connectivity index (χ3n) is 3.53. The van der Waals surface area contributed by atoms with Gasteiger partial charge in [-0.15, -0.1) is 0 Å². The minimum absolute atomic E-state index is 0.186. The van der Waals surface area contributed by atoms with Crippen LogP contribution in [-0.4, -0.2) is 41.3 Å². The Morgan fingerprint density at radius 3 is 3.00 bits per heavy atom. The average molecular weight is 250 g/mol. The number of aryl methyl sites for hydroxylation is 1. The summed E-state index contributed by atoms with van der Waals surface area (Å²) in [5, 5.41) is 12.5. The van der Waals surface area contributed by atoms with Gasteiger partial charge in [0, 0.05) is 25.4 Å². The van der Waals surface area contributed by atoms with E-state index in [1.165, 1.54) is 12.8 Å². The van der Waals surface area contributed by atoms with Crippen LogP contribution < -0.4 is 10.2 Å². The van der Waals surface area contributed by atoms with Crippen molar-refractivity contribution in [1.82, 2.24) is 9.97 Å². The number of nitrogens with zero attached hydrogens (tertiary/aromatic N) is 3. The molecule has 1 aliphatic rings. The third-order valence-corrected chi connectivity index (χ3v) is 3.53. The van der Waals surface area contributed by atoms with Gasteiger partial charge in [0.15, 0.2) is 0 Å². The van der Waals surface area contributed by atoms with Gasteiger partial charge in [-0.25, -0.2) is 4.98 Å². The van der Waals surface area contributed by atoms with E-state index in [0.29, 0.717) is 5.95 Å². The van der Waals surface area contributed by atoms with E-state index in [1.807, 2.05) is 20.2 Å². The molecule has 0 spiro atoms. The van der Waals surface area contributed by atoms with Crippen LogP contribution >= 0.6 is 0 Å². The molecule has 18 heavy (non-hydrogen) atoms. The van der Waals surface area contributed by atoms with Crippen molar-refractivity contribution in [1.29, 1.82) is 0 Å². The number of aliphatic hydroxyl groups is 1. The van der Waals surface area contributed by atoms with Crippen LogP contribution in [0.3, 0.4) is 0 Å². The first kappa shape index (κ1) is 13.1. The SMILES string of the molecule is CNc1ncc(C)c(N2CCCCCC2CO)n1. The molecule has 0 radical (unpaired) electrons. The number of rotatable bonds is 3. The Morgan fingerprint density at radius 1 is 1.44 bits per heavy atom. The molecule has 0 saturated carbocycles. The van der Waals surface area contributed by atoms with Gasteiger partial charge in [-0.1, -0.05) is 12.8 Å². The Labute approximate surface area is 108 Å². The summed E-state index contributed by atoms with van der Waals surface area (Å²) in [7, 11) is 1.82. The number of aromatic nitrogens is 2.